The molecule has 3 saturated heterocycles. The molecule has 1 unspecified atom stereocenters. The van der Waals surface area contributed by atoms with E-state index in [1.165, 1.54) is 0 Å². The van der Waals surface area contributed by atoms with Crippen LogP contribution in [0.1, 0.15) is 54.4 Å². The number of anilines is 1. The number of fused-ring (bicyclic) bond motifs is 1. The molecule has 4 aliphatic heterocycles. The first kappa shape index (κ1) is 32.3. The van der Waals surface area contributed by atoms with Gasteiger partial charge in [0.25, 0.3) is 0 Å². The molecule has 3 fully saturated rings. The van der Waals surface area contributed by atoms with Crippen LogP contribution in [-0.2, 0) is 27.2 Å². The molecule has 0 aliphatic carbocycles. The predicted octanol–water partition coefficient (Wildman–Crippen LogP) is 3.96. The van der Waals surface area contributed by atoms with Gasteiger partial charge in [0, 0.05) is 83.2 Å². The largest absolute Gasteiger partial charge is 0.507 e. The van der Waals surface area contributed by atoms with Gasteiger partial charge in [-0.05, 0) is 80.7 Å². The summed E-state index contributed by atoms with van der Waals surface area (Å²) in [6.07, 6.45) is 4.93. The number of hydrogen-bond acceptors (Lipinski definition) is 6. The van der Waals surface area contributed by atoms with Crippen LogP contribution in [0.3, 0.4) is 0 Å². The predicted molar refractivity (Wildman–Crippen MR) is 177 cm³/mol. The number of carbonyl (C=O) groups is 3. The van der Waals surface area contributed by atoms with Crippen LogP contribution in [0.25, 0.3) is 0 Å². The van der Waals surface area contributed by atoms with Crippen LogP contribution in [0.15, 0.2) is 36.4 Å². The molecule has 2 N–H and O–H groups in total. The number of aromatic hydroxyl groups is 1. The second-order valence-corrected chi connectivity index (χ2v) is 13.5. The molecule has 1 atom stereocenters. The van der Waals surface area contributed by atoms with Crippen molar-refractivity contribution in [2.45, 2.75) is 70.9 Å². The van der Waals surface area contributed by atoms with Crippen molar-refractivity contribution in [3.63, 3.8) is 0 Å². The van der Waals surface area contributed by atoms with Gasteiger partial charge in [-0.3, -0.25) is 14.5 Å². The highest BCUT2D eigenvalue weighted by atomic mass is 16.5. The number of amides is 4. The monoisotopic (exact) mass is 631 g/mol. The summed E-state index contributed by atoms with van der Waals surface area (Å²) in [7, 11) is 0. The maximum atomic E-state index is 14.1. The Hall–Kier alpha value is -3.63. The number of phenols is 1. The number of nitrogens with one attached hydrogen (secondary N) is 1. The molecule has 0 spiro atoms. The normalized spacial score (nSPS) is 21.0. The molecule has 10 nitrogen and oxygen atoms in total. The lowest BCUT2D eigenvalue weighted by molar-refractivity contribution is -0.143. The van der Waals surface area contributed by atoms with Gasteiger partial charge < -0.3 is 29.9 Å². The molecule has 0 radical (unpaired) electrons. The third-order valence-electron chi connectivity index (χ3n) is 10.5. The maximum absolute atomic E-state index is 14.1. The van der Waals surface area contributed by atoms with Crippen molar-refractivity contribution in [1.82, 2.24) is 19.6 Å². The fraction of sp³-hybridized carbons (Fsp3) is 0.583. The van der Waals surface area contributed by atoms with Crippen LogP contribution >= 0.6 is 0 Å². The second-order valence-electron chi connectivity index (χ2n) is 13.5. The number of piperazine rings is 1. The number of para-hydroxylation sites is 1. The molecule has 2 aromatic carbocycles. The first-order valence-electron chi connectivity index (χ1n) is 17.1. The van der Waals surface area contributed by atoms with E-state index in [4.69, 9.17) is 4.74 Å². The van der Waals surface area contributed by atoms with Crippen molar-refractivity contribution in [2.75, 3.05) is 64.3 Å². The number of piperidine rings is 1. The quantitative estimate of drug-likeness (QED) is 0.480. The molecule has 4 aliphatic rings. The van der Waals surface area contributed by atoms with E-state index >= 15 is 0 Å². The topological polar surface area (TPSA) is 106 Å². The Bertz CT molecular complexity index is 1390. The highest BCUT2D eigenvalue weighted by molar-refractivity contribution is 5.91. The van der Waals surface area contributed by atoms with Gasteiger partial charge in [-0.1, -0.05) is 30.3 Å². The zero-order chi connectivity index (χ0) is 32.2. The fourth-order valence-electron chi connectivity index (χ4n) is 7.82. The smallest absolute Gasteiger partial charge is 0.322 e. The minimum Gasteiger partial charge on any atom is -0.507 e. The number of nitrogens with zero attached hydrogens (tertiary/aromatic N) is 4. The zero-order valence-corrected chi connectivity index (χ0v) is 27.4. The summed E-state index contributed by atoms with van der Waals surface area (Å²) in [6, 6.07) is 12.3. The van der Waals surface area contributed by atoms with Crippen molar-refractivity contribution < 1.29 is 24.2 Å². The summed E-state index contributed by atoms with van der Waals surface area (Å²) in [5, 5.41) is 13.4. The van der Waals surface area contributed by atoms with Gasteiger partial charge >= 0.3 is 6.03 Å². The van der Waals surface area contributed by atoms with Gasteiger partial charge in [-0.15, -0.1) is 0 Å². The van der Waals surface area contributed by atoms with Gasteiger partial charge in [0.05, 0.1) is 5.92 Å². The first-order valence-corrected chi connectivity index (χ1v) is 17.1. The van der Waals surface area contributed by atoms with E-state index in [0.717, 1.165) is 86.3 Å². The van der Waals surface area contributed by atoms with Crippen LogP contribution in [0.5, 0.6) is 5.75 Å². The zero-order valence-electron chi connectivity index (χ0n) is 27.4. The van der Waals surface area contributed by atoms with Gasteiger partial charge in [-0.2, -0.15) is 0 Å². The number of carbonyl (C=O) groups excluding carboxylic acids is 3. The first-order chi connectivity index (χ1) is 22.3. The van der Waals surface area contributed by atoms with E-state index in [-0.39, 0.29) is 36.1 Å². The van der Waals surface area contributed by atoms with E-state index < -0.39 is 5.92 Å². The molecule has 46 heavy (non-hydrogen) atoms. The van der Waals surface area contributed by atoms with E-state index in [0.29, 0.717) is 45.2 Å². The van der Waals surface area contributed by atoms with Crippen molar-refractivity contribution in [2.24, 2.45) is 5.92 Å². The number of ether oxygens (including phenoxy) is 1. The summed E-state index contributed by atoms with van der Waals surface area (Å²) in [5.41, 5.74) is 4.54. The van der Waals surface area contributed by atoms with E-state index in [1.54, 1.807) is 0 Å². The Morgan fingerprint density at radius 2 is 1.57 bits per heavy atom. The molecule has 2 aromatic rings. The maximum Gasteiger partial charge on any atom is 0.322 e. The molecular weight excluding hydrogens is 582 g/mol. The number of rotatable bonds is 7. The average Bonchev–Trinajstić information content (AvgIpc) is 3.25. The molecule has 0 aromatic heterocycles. The summed E-state index contributed by atoms with van der Waals surface area (Å²) < 4.78 is 5.54. The fourth-order valence-corrected chi connectivity index (χ4v) is 7.82. The lowest BCUT2D eigenvalue weighted by atomic mass is 9.91. The number of urea groups is 1. The van der Waals surface area contributed by atoms with Crippen LogP contribution in [0.2, 0.25) is 0 Å². The molecule has 10 heteroatoms. The van der Waals surface area contributed by atoms with Crippen LogP contribution in [0, 0.1) is 19.8 Å². The van der Waals surface area contributed by atoms with Crippen molar-refractivity contribution in [1.29, 1.82) is 0 Å². The molecular formula is C36H49N5O5. The number of phenolic OH excluding ortho intramolecular Hbond substituents is 1. The average molecular weight is 632 g/mol. The van der Waals surface area contributed by atoms with E-state index in [2.05, 4.69) is 16.3 Å². The Morgan fingerprint density at radius 3 is 2.26 bits per heavy atom. The van der Waals surface area contributed by atoms with Crippen LogP contribution < -0.4 is 5.32 Å². The van der Waals surface area contributed by atoms with Crippen molar-refractivity contribution in [3.8, 4) is 5.75 Å². The number of hydrogen-bond donors (Lipinski definition) is 2. The Balaban J connectivity index is 1.09. The van der Waals surface area contributed by atoms with Crippen molar-refractivity contribution >= 4 is 23.5 Å². The summed E-state index contributed by atoms with van der Waals surface area (Å²) >= 11 is 0. The van der Waals surface area contributed by atoms with Gasteiger partial charge in [0.1, 0.15) is 5.75 Å². The van der Waals surface area contributed by atoms with Crippen LogP contribution in [-0.4, -0.2) is 114 Å². The van der Waals surface area contributed by atoms with Gasteiger partial charge in [0.2, 0.25) is 11.8 Å². The minimum absolute atomic E-state index is 0.00223. The lowest BCUT2D eigenvalue weighted by Gasteiger charge is -2.41. The Morgan fingerprint density at radius 1 is 0.891 bits per heavy atom. The summed E-state index contributed by atoms with van der Waals surface area (Å²) in [6.45, 7) is 10.2. The highest BCUT2D eigenvalue weighted by Crippen LogP contribution is 2.28. The molecule has 6 rings (SSSR count). The third-order valence-corrected chi connectivity index (χ3v) is 10.5. The lowest BCUT2D eigenvalue weighted by Crippen LogP contribution is -2.54. The van der Waals surface area contributed by atoms with Gasteiger partial charge in [0.15, 0.2) is 0 Å². The van der Waals surface area contributed by atoms with Crippen molar-refractivity contribution in [3.05, 3.63) is 58.7 Å². The highest BCUT2D eigenvalue weighted by Gasteiger charge is 2.35. The molecule has 0 saturated carbocycles. The van der Waals surface area contributed by atoms with E-state index in [9.17, 15) is 19.5 Å². The standard InChI is InChI=1S/C36H49N5O5/c1-25-21-27(22-26(2)34(25)43)23-29(35(44)40-17-15-38(16-18-40)30-10-19-46-20-11-30)24-33(42)39-12-8-31(9-13-39)41-14-7-28-5-3-4-6-32(28)37-36(41)45/h3-6,21-22,29-31,43H,7-20,23-24H2,1-2H3,(H,37,45). The molecule has 0 bridgehead atoms. The molecule has 4 heterocycles. The summed E-state index contributed by atoms with van der Waals surface area (Å²) in [4.78, 5) is 49.2. The number of likely N-dealkylation sites (tertiary alicyclic amines) is 1. The van der Waals surface area contributed by atoms with Crippen LogP contribution in [0.4, 0.5) is 10.5 Å². The Kier molecular flexibility index (Phi) is 10.1. The third kappa shape index (κ3) is 7.33. The minimum atomic E-state index is -0.474. The molecule has 248 valence electrons. The van der Waals surface area contributed by atoms with Gasteiger partial charge in [-0.25, -0.2) is 4.79 Å². The number of benzene rings is 2. The number of aryl methyl sites for hydroxylation is 2. The van der Waals surface area contributed by atoms with E-state index in [1.807, 2.05) is 58.9 Å². The SMILES string of the molecule is Cc1cc(CC(CC(=O)N2CCC(N3CCc4ccccc4NC3=O)CC2)C(=O)N2CCN(C3CCOCC3)CC2)cc(C)c1O. The second kappa shape index (κ2) is 14.4. The summed E-state index contributed by atoms with van der Waals surface area (Å²) in [5.74, 6) is -0.161. The Labute approximate surface area is 272 Å². The molecule has 4 amide bonds.